The van der Waals surface area contributed by atoms with E-state index in [4.69, 9.17) is 11.6 Å². The first-order valence-corrected chi connectivity index (χ1v) is 11.4. The smallest absolute Gasteiger partial charge is 0.289 e. The van der Waals surface area contributed by atoms with Crippen LogP contribution in [-0.2, 0) is 9.59 Å². The molecule has 4 saturated carbocycles. The van der Waals surface area contributed by atoms with Crippen molar-refractivity contribution in [3.05, 3.63) is 23.2 Å². The summed E-state index contributed by atoms with van der Waals surface area (Å²) >= 11 is 6.29. The van der Waals surface area contributed by atoms with Crippen LogP contribution in [0.25, 0.3) is 0 Å². The Morgan fingerprint density at radius 2 is 1.76 bits per heavy atom. The quantitative estimate of drug-likeness (QED) is 0.562. The van der Waals surface area contributed by atoms with Gasteiger partial charge in [0, 0.05) is 18.4 Å². The number of rotatable bonds is 7. The number of benzene rings is 1. The summed E-state index contributed by atoms with van der Waals surface area (Å²) in [5.74, 6) is -0.836. The van der Waals surface area contributed by atoms with Crippen LogP contribution in [0, 0.1) is 23.2 Å². The van der Waals surface area contributed by atoms with E-state index in [1.807, 2.05) is 0 Å². The van der Waals surface area contributed by atoms with Gasteiger partial charge in [-0.3, -0.25) is 9.59 Å². The minimum Gasteiger partial charge on any atom is -0.355 e. The molecule has 29 heavy (non-hydrogen) atoms. The summed E-state index contributed by atoms with van der Waals surface area (Å²) in [6.07, 6.45) is 6.84. The molecule has 4 aliphatic carbocycles. The van der Waals surface area contributed by atoms with Crippen molar-refractivity contribution < 1.29 is 18.4 Å². The van der Waals surface area contributed by atoms with Crippen LogP contribution in [-0.4, -0.2) is 24.1 Å². The van der Waals surface area contributed by atoms with E-state index in [-0.39, 0.29) is 45.8 Å². The molecule has 5 rings (SSSR count). The van der Waals surface area contributed by atoms with E-state index in [2.05, 4.69) is 10.6 Å². The number of carbonyl (C=O) groups excluding carboxylic acids is 2. The molecule has 0 radical (unpaired) electrons. The third-order valence-electron chi connectivity index (χ3n) is 6.61. The third kappa shape index (κ3) is 4.55. The van der Waals surface area contributed by atoms with E-state index in [1.165, 1.54) is 25.3 Å². The zero-order valence-corrected chi connectivity index (χ0v) is 17.6. The van der Waals surface area contributed by atoms with Gasteiger partial charge in [0.25, 0.3) is 5.76 Å². The monoisotopic (exact) mass is 442 g/mol. The molecule has 0 atom stereocenters. The highest BCUT2D eigenvalue weighted by molar-refractivity contribution is 7.99. The molecular formula is C21H25ClF2N2O2S. The summed E-state index contributed by atoms with van der Waals surface area (Å²) in [6, 6.07) is 4.65. The first-order chi connectivity index (χ1) is 13.8. The van der Waals surface area contributed by atoms with Crippen molar-refractivity contribution in [2.24, 2.45) is 23.2 Å². The number of anilines is 1. The molecule has 158 valence electrons. The van der Waals surface area contributed by atoms with E-state index in [0.717, 1.165) is 19.3 Å². The van der Waals surface area contributed by atoms with Crippen molar-refractivity contribution in [2.45, 2.75) is 55.6 Å². The zero-order chi connectivity index (χ0) is 20.6. The van der Waals surface area contributed by atoms with Crippen LogP contribution < -0.4 is 10.6 Å². The van der Waals surface area contributed by atoms with Crippen LogP contribution in [0.3, 0.4) is 0 Å². The topological polar surface area (TPSA) is 58.2 Å². The van der Waals surface area contributed by atoms with Gasteiger partial charge in [-0.2, -0.15) is 8.78 Å². The van der Waals surface area contributed by atoms with Crippen molar-refractivity contribution >= 4 is 40.9 Å². The lowest BCUT2D eigenvalue weighted by atomic mass is 9.49. The van der Waals surface area contributed by atoms with Crippen LogP contribution >= 0.6 is 23.4 Å². The number of hydrogen-bond acceptors (Lipinski definition) is 3. The van der Waals surface area contributed by atoms with Gasteiger partial charge in [0.05, 0.1) is 15.6 Å². The lowest BCUT2D eigenvalue weighted by Gasteiger charge is -2.55. The second-order valence-corrected chi connectivity index (χ2v) is 10.2. The summed E-state index contributed by atoms with van der Waals surface area (Å²) in [4.78, 5) is 25.3. The SMILES string of the molecule is O=C(CCNC(=O)C12CC3CC(CC(C3)C1)C2)Nc1cccc(Cl)c1SC(F)F. The Balaban J connectivity index is 1.30. The number of hydrogen-bond donors (Lipinski definition) is 2. The van der Waals surface area contributed by atoms with Gasteiger partial charge >= 0.3 is 0 Å². The second-order valence-electron chi connectivity index (χ2n) is 8.75. The molecule has 1 aromatic carbocycles. The second kappa shape index (κ2) is 8.42. The average Bonchev–Trinajstić information content (AvgIpc) is 2.63. The fourth-order valence-corrected chi connectivity index (χ4v) is 6.81. The number of thioether (sulfide) groups is 1. The van der Waals surface area contributed by atoms with Crippen molar-refractivity contribution in [3.63, 3.8) is 0 Å². The van der Waals surface area contributed by atoms with Crippen molar-refractivity contribution in [1.82, 2.24) is 5.32 Å². The molecule has 0 aliphatic heterocycles. The largest absolute Gasteiger partial charge is 0.355 e. The van der Waals surface area contributed by atoms with Crippen molar-refractivity contribution in [1.29, 1.82) is 0 Å². The van der Waals surface area contributed by atoms with Gasteiger partial charge in [-0.05, 0) is 68.4 Å². The van der Waals surface area contributed by atoms with Crippen molar-refractivity contribution in [2.75, 3.05) is 11.9 Å². The van der Waals surface area contributed by atoms with Gasteiger partial charge in [-0.25, -0.2) is 0 Å². The van der Waals surface area contributed by atoms with Crippen LogP contribution in [0.1, 0.15) is 44.9 Å². The molecular weight excluding hydrogens is 418 g/mol. The minimum atomic E-state index is -2.63. The Morgan fingerprint density at radius 1 is 1.14 bits per heavy atom. The number of halogens is 3. The fraction of sp³-hybridized carbons (Fsp3) is 0.619. The molecule has 0 saturated heterocycles. The van der Waals surface area contributed by atoms with Crippen LogP contribution in [0.15, 0.2) is 23.1 Å². The van der Waals surface area contributed by atoms with Crippen LogP contribution in [0.2, 0.25) is 5.02 Å². The van der Waals surface area contributed by atoms with Crippen molar-refractivity contribution in [3.8, 4) is 0 Å². The van der Waals surface area contributed by atoms with Gasteiger partial charge in [0.1, 0.15) is 0 Å². The fourth-order valence-electron chi connectivity index (χ4n) is 5.89. The molecule has 4 nitrogen and oxygen atoms in total. The van der Waals surface area contributed by atoms with Gasteiger partial charge in [-0.15, -0.1) is 0 Å². The molecule has 0 heterocycles. The van der Waals surface area contributed by atoms with E-state index in [1.54, 1.807) is 12.1 Å². The lowest BCUT2D eigenvalue weighted by Crippen LogP contribution is -2.53. The highest BCUT2D eigenvalue weighted by Crippen LogP contribution is 2.60. The lowest BCUT2D eigenvalue weighted by molar-refractivity contribution is -0.146. The number of alkyl halides is 2. The van der Waals surface area contributed by atoms with Gasteiger partial charge in [-0.1, -0.05) is 29.4 Å². The molecule has 2 amide bonds. The van der Waals surface area contributed by atoms with E-state index in [0.29, 0.717) is 29.5 Å². The molecule has 0 spiro atoms. The Hall–Kier alpha value is -1.34. The molecule has 2 N–H and O–H groups in total. The Morgan fingerprint density at radius 3 is 2.34 bits per heavy atom. The van der Waals surface area contributed by atoms with E-state index < -0.39 is 5.76 Å². The molecule has 1 aromatic rings. The highest BCUT2D eigenvalue weighted by atomic mass is 35.5. The molecule has 4 bridgehead atoms. The molecule has 4 fully saturated rings. The number of nitrogens with one attached hydrogen (secondary N) is 2. The first kappa shape index (κ1) is 20.9. The minimum absolute atomic E-state index is 0.0844. The molecule has 0 aromatic heterocycles. The summed E-state index contributed by atoms with van der Waals surface area (Å²) in [7, 11) is 0. The Labute approximate surface area is 178 Å². The standard InChI is InChI=1S/C21H25ClF2N2O2S/c22-15-2-1-3-16(18(15)29-20(23)24)26-17(27)4-5-25-19(28)21-9-12-6-13(10-21)8-14(7-12)11-21/h1-3,12-14,20H,4-11H2,(H,25,28)(H,26,27). The van der Waals surface area contributed by atoms with Gasteiger partial charge in [0.15, 0.2) is 0 Å². The molecule has 8 heteroatoms. The first-order valence-electron chi connectivity index (χ1n) is 10.2. The highest BCUT2D eigenvalue weighted by Gasteiger charge is 2.54. The Bertz CT molecular complexity index is 770. The zero-order valence-electron chi connectivity index (χ0n) is 16.1. The molecule has 4 aliphatic rings. The maximum atomic E-state index is 12.9. The predicted molar refractivity (Wildman–Crippen MR) is 110 cm³/mol. The predicted octanol–water partition coefficient (Wildman–Crippen LogP) is 5.32. The van der Waals surface area contributed by atoms with Gasteiger partial charge < -0.3 is 10.6 Å². The number of carbonyl (C=O) groups is 2. The third-order valence-corrected chi connectivity index (χ3v) is 7.89. The van der Waals surface area contributed by atoms with Crippen LogP contribution in [0.4, 0.5) is 14.5 Å². The number of amides is 2. The summed E-state index contributed by atoms with van der Waals surface area (Å²) in [5.41, 5.74) is 0.0272. The van der Waals surface area contributed by atoms with Crippen LogP contribution in [0.5, 0.6) is 0 Å². The van der Waals surface area contributed by atoms with Gasteiger partial charge in [0.2, 0.25) is 11.8 Å². The summed E-state index contributed by atoms with van der Waals surface area (Å²) < 4.78 is 25.5. The molecule has 0 unspecified atom stereocenters. The normalized spacial score (nSPS) is 29.9. The summed E-state index contributed by atoms with van der Waals surface area (Å²) in [6.45, 7) is 0.240. The average molecular weight is 443 g/mol. The maximum Gasteiger partial charge on any atom is 0.289 e. The Kier molecular flexibility index (Phi) is 6.07. The van der Waals surface area contributed by atoms with E-state index in [9.17, 15) is 18.4 Å². The van der Waals surface area contributed by atoms with E-state index >= 15 is 0 Å². The summed E-state index contributed by atoms with van der Waals surface area (Å²) in [5, 5.41) is 5.77. The maximum absolute atomic E-state index is 12.9.